The van der Waals surface area contributed by atoms with Crippen molar-refractivity contribution in [3.8, 4) is 0 Å². The molecule has 0 saturated heterocycles. The molecule has 1 saturated carbocycles. The van der Waals surface area contributed by atoms with Gasteiger partial charge in [-0.05, 0) is 49.8 Å². The monoisotopic (exact) mass is 288 g/mol. The molecule has 0 aliphatic heterocycles. The Morgan fingerprint density at radius 1 is 1.17 bits per heavy atom. The van der Waals surface area contributed by atoms with Gasteiger partial charge in [0.25, 0.3) is 0 Å². The molecule has 1 fully saturated rings. The van der Waals surface area contributed by atoms with Crippen molar-refractivity contribution in [2.24, 2.45) is 5.92 Å². The van der Waals surface area contributed by atoms with Gasteiger partial charge in [-0.1, -0.05) is 23.2 Å². The van der Waals surface area contributed by atoms with Gasteiger partial charge in [0.1, 0.15) is 0 Å². The highest BCUT2D eigenvalue weighted by molar-refractivity contribution is 6.42. The smallest absolute Gasteiger partial charge is 0.0612 e. The van der Waals surface area contributed by atoms with Crippen molar-refractivity contribution in [2.75, 3.05) is 11.6 Å². The molecular formula is C13H16Cl2NO2-. The molecule has 18 heavy (non-hydrogen) atoms. The number of benzene rings is 1. The summed E-state index contributed by atoms with van der Waals surface area (Å²) in [5.41, 5.74) is 0.538. The van der Waals surface area contributed by atoms with Gasteiger partial charge < -0.3 is 15.4 Å². The molecule has 5 heteroatoms. The number of hydroxylamine groups is 1. The van der Waals surface area contributed by atoms with Crippen LogP contribution in [0.15, 0.2) is 18.2 Å². The Balaban J connectivity index is 1.94. The Morgan fingerprint density at radius 3 is 2.44 bits per heavy atom. The molecule has 3 nitrogen and oxygen atoms in total. The van der Waals surface area contributed by atoms with E-state index in [1.165, 1.54) is 0 Å². The highest BCUT2D eigenvalue weighted by atomic mass is 35.5. The summed E-state index contributed by atoms with van der Waals surface area (Å²) in [4.78, 5) is 0. The van der Waals surface area contributed by atoms with Gasteiger partial charge in [0, 0.05) is 12.2 Å². The van der Waals surface area contributed by atoms with E-state index >= 15 is 0 Å². The highest BCUT2D eigenvalue weighted by Gasteiger charge is 2.19. The van der Waals surface area contributed by atoms with Crippen molar-refractivity contribution in [1.82, 2.24) is 0 Å². The van der Waals surface area contributed by atoms with E-state index in [4.69, 9.17) is 23.2 Å². The molecule has 1 aliphatic rings. The van der Waals surface area contributed by atoms with Crippen molar-refractivity contribution < 1.29 is 5.11 Å². The van der Waals surface area contributed by atoms with Crippen LogP contribution < -0.4 is 5.06 Å². The predicted octanol–water partition coefficient (Wildman–Crippen LogP) is 3.85. The minimum atomic E-state index is -0.189. The molecule has 0 amide bonds. The number of nitrogens with zero attached hydrogens (tertiary/aromatic N) is 1. The van der Waals surface area contributed by atoms with E-state index < -0.39 is 0 Å². The number of hydrogen-bond donors (Lipinski definition) is 1. The second-order valence-electron chi connectivity index (χ2n) is 4.83. The normalized spacial score (nSPS) is 24.0. The topological polar surface area (TPSA) is 46.5 Å². The second kappa shape index (κ2) is 6.11. The molecule has 0 spiro atoms. The molecule has 1 N–H and O–H groups in total. The van der Waals surface area contributed by atoms with E-state index in [0.717, 1.165) is 30.7 Å². The largest absolute Gasteiger partial charge is 0.758 e. The summed E-state index contributed by atoms with van der Waals surface area (Å²) in [7, 11) is 0. The summed E-state index contributed by atoms with van der Waals surface area (Å²) in [6, 6.07) is 4.90. The molecule has 0 atom stereocenters. The molecule has 100 valence electrons. The van der Waals surface area contributed by atoms with E-state index in [1.807, 2.05) is 0 Å². The Hall–Kier alpha value is -0.480. The van der Waals surface area contributed by atoms with Crippen molar-refractivity contribution in [3.63, 3.8) is 0 Å². The Kier molecular flexibility index (Phi) is 4.73. The van der Waals surface area contributed by atoms with Gasteiger partial charge in [0.05, 0.1) is 16.1 Å². The molecule has 1 aromatic rings. The minimum absolute atomic E-state index is 0.189. The van der Waals surface area contributed by atoms with E-state index in [0.29, 0.717) is 28.2 Å². The number of anilines is 1. The van der Waals surface area contributed by atoms with Crippen molar-refractivity contribution in [3.05, 3.63) is 33.5 Å². The van der Waals surface area contributed by atoms with E-state index in [-0.39, 0.29) is 6.10 Å². The SMILES string of the molecule is [O-]N(CC1CCC(O)CC1)c1ccc(Cl)c(Cl)c1. The van der Waals surface area contributed by atoms with Crippen LogP contribution in [0.2, 0.25) is 10.0 Å². The maximum absolute atomic E-state index is 12.0. The number of aliphatic hydroxyl groups is 1. The standard InChI is InChI=1S/C13H16Cl2NO2/c14-12-6-3-10(7-13(12)15)16(18)8-9-1-4-11(17)5-2-9/h3,6-7,9,11,17H,1-2,4-5,8H2/q-1. The zero-order chi connectivity index (χ0) is 13.1. The average Bonchev–Trinajstić information content (AvgIpc) is 2.35. The molecule has 0 aromatic heterocycles. The van der Waals surface area contributed by atoms with Gasteiger partial charge in [-0.15, -0.1) is 0 Å². The molecule has 0 radical (unpaired) electrons. The second-order valence-corrected chi connectivity index (χ2v) is 5.65. The van der Waals surface area contributed by atoms with Crippen LogP contribution in [-0.2, 0) is 0 Å². The predicted molar refractivity (Wildman–Crippen MR) is 75.1 cm³/mol. The number of hydrogen-bond acceptors (Lipinski definition) is 3. The summed E-state index contributed by atoms with van der Waals surface area (Å²) in [6.07, 6.45) is 3.20. The molecule has 1 aliphatic carbocycles. The zero-order valence-corrected chi connectivity index (χ0v) is 11.5. The quantitative estimate of drug-likeness (QED) is 0.860. The number of aliphatic hydroxyl groups excluding tert-OH is 1. The van der Waals surface area contributed by atoms with Crippen LogP contribution >= 0.6 is 23.2 Å². The fraction of sp³-hybridized carbons (Fsp3) is 0.538. The van der Waals surface area contributed by atoms with E-state index in [9.17, 15) is 10.3 Å². The molecule has 0 heterocycles. The first kappa shape index (κ1) is 13.9. The Morgan fingerprint density at radius 2 is 1.83 bits per heavy atom. The van der Waals surface area contributed by atoms with Gasteiger partial charge in [-0.3, -0.25) is 0 Å². The lowest BCUT2D eigenvalue weighted by molar-refractivity contribution is 0.110. The molecule has 2 rings (SSSR count). The Labute approximate surface area is 117 Å². The van der Waals surface area contributed by atoms with E-state index in [1.54, 1.807) is 18.2 Å². The zero-order valence-electron chi connectivity index (χ0n) is 9.98. The summed E-state index contributed by atoms with van der Waals surface area (Å²) >= 11 is 11.7. The van der Waals surface area contributed by atoms with Gasteiger partial charge in [-0.2, -0.15) is 0 Å². The van der Waals surface area contributed by atoms with Crippen molar-refractivity contribution in [1.29, 1.82) is 0 Å². The van der Waals surface area contributed by atoms with Gasteiger partial charge in [0.15, 0.2) is 0 Å². The minimum Gasteiger partial charge on any atom is -0.758 e. The van der Waals surface area contributed by atoms with Crippen LogP contribution in [-0.4, -0.2) is 17.8 Å². The summed E-state index contributed by atoms with van der Waals surface area (Å²) in [6.45, 7) is 0.449. The van der Waals surface area contributed by atoms with Crippen LogP contribution in [0.4, 0.5) is 5.69 Å². The van der Waals surface area contributed by atoms with Crippen molar-refractivity contribution >= 4 is 28.9 Å². The summed E-state index contributed by atoms with van der Waals surface area (Å²) < 4.78 is 0. The average molecular weight is 289 g/mol. The maximum atomic E-state index is 12.0. The van der Waals surface area contributed by atoms with Crippen LogP contribution in [0.3, 0.4) is 0 Å². The van der Waals surface area contributed by atoms with Crippen LogP contribution in [0, 0.1) is 11.1 Å². The van der Waals surface area contributed by atoms with Crippen LogP contribution in [0.1, 0.15) is 25.7 Å². The lowest BCUT2D eigenvalue weighted by Crippen LogP contribution is -2.28. The first-order valence-electron chi connectivity index (χ1n) is 6.14. The first-order valence-corrected chi connectivity index (χ1v) is 6.89. The van der Waals surface area contributed by atoms with Gasteiger partial charge in [0.2, 0.25) is 0 Å². The third kappa shape index (κ3) is 3.51. The fourth-order valence-electron chi connectivity index (χ4n) is 2.31. The molecular weight excluding hydrogens is 273 g/mol. The molecule has 0 bridgehead atoms. The third-order valence-electron chi connectivity index (χ3n) is 3.43. The molecule has 1 aromatic carbocycles. The van der Waals surface area contributed by atoms with Crippen LogP contribution in [0.25, 0.3) is 0 Å². The maximum Gasteiger partial charge on any atom is 0.0612 e. The number of halogens is 2. The third-order valence-corrected chi connectivity index (χ3v) is 4.17. The number of rotatable bonds is 3. The Bertz CT molecular complexity index is 406. The summed E-state index contributed by atoms with van der Waals surface area (Å²) in [5.74, 6) is 0.348. The fourth-order valence-corrected chi connectivity index (χ4v) is 2.60. The highest BCUT2D eigenvalue weighted by Crippen LogP contribution is 2.29. The first-order chi connectivity index (χ1) is 8.56. The van der Waals surface area contributed by atoms with Gasteiger partial charge in [-0.25, -0.2) is 0 Å². The molecule has 0 unspecified atom stereocenters. The lowest BCUT2D eigenvalue weighted by Gasteiger charge is -2.36. The van der Waals surface area contributed by atoms with Crippen LogP contribution in [0.5, 0.6) is 0 Å². The lowest BCUT2D eigenvalue weighted by atomic mass is 9.87. The summed E-state index contributed by atoms with van der Waals surface area (Å²) in [5, 5.41) is 23.2. The van der Waals surface area contributed by atoms with E-state index in [2.05, 4.69) is 0 Å². The van der Waals surface area contributed by atoms with Crippen molar-refractivity contribution in [2.45, 2.75) is 31.8 Å². The van der Waals surface area contributed by atoms with Gasteiger partial charge >= 0.3 is 0 Å².